The molecule has 1 aliphatic heterocycles. The number of rotatable bonds is 5. The first kappa shape index (κ1) is 18.8. The third-order valence-corrected chi connectivity index (χ3v) is 5.20. The van der Waals surface area contributed by atoms with Crippen molar-refractivity contribution in [2.45, 2.75) is 37.6 Å². The van der Waals surface area contributed by atoms with Crippen molar-refractivity contribution in [2.24, 2.45) is 0 Å². The normalized spacial score (nSPS) is 18.0. The Morgan fingerprint density at radius 1 is 1.36 bits per heavy atom. The van der Waals surface area contributed by atoms with E-state index in [1.807, 2.05) is 0 Å². The zero-order valence-electron chi connectivity index (χ0n) is 12.5. The summed E-state index contributed by atoms with van der Waals surface area (Å²) in [4.78, 5) is 10.2. The van der Waals surface area contributed by atoms with Crippen LogP contribution in [-0.2, 0) is 10.0 Å². The summed E-state index contributed by atoms with van der Waals surface area (Å²) in [6.45, 7) is 4.56. The Kier molecular flexibility index (Phi) is 6.30. The fourth-order valence-corrected chi connectivity index (χ4v) is 3.67. The molecular formula is C13H20ClN3O4S. The number of nitro benzene ring substituents is 1. The molecule has 2 rings (SSSR count). The van der Waals surface area contributed by atoms with E-state index in [-0.39, 0.29) is 35.6 Å². The van der Waals surface area contributed by atoms with Crippen LogP contribution in [0.1, 0.15) is 24.0 Å². The van der Waals surface area contributed by atoms with Crippen molar-refractivity contribution >= 4 is 28.1 Å². The van der Waals surface area contributed by atoms with Crippen LogP contribution in [0.5, 0.6) is 0 Å². The van der Waals surface area contributed by atoms with E-state index in [1.54, 1.807) is 13.8 Å². The van der Waals surface area contributed by atoms with Gasteiger partial charge >= 0.3 is 0 Å². The lowest BCUT2D eigenvalue weighted by Gasteiger charge is -2.13. The van der Waals surface area contributed by atoms with E-state index in [0.29, 0.717) is 11.1 Å². The van der Waals surface area contributed by atoms with E-state index < -0.39 is 14.9 Å². The smallest absolute Gasteiger partial charge is 0.289 e. The quantitative estimate of drug-likeness (QED) is 0.622. The lowest BCUT2D eigenvalue weighted by atomic mass is 10.1. The number of aryl methyl sites for hydroxylation is 2. The number of hydrogen-bond acceptors (Lipinski definition) is 5. The first-order valence-electron chi connectivity index (χ1n) is 6.80. The van der Waals surface area contributed by atoms with Crippen LogP contribution in [0.25, 0.3) is 0 Å². The summed E-state index contributed by atoms with van der Waals surface area (Å²) >= 11 is 0. The second-order valence-corrected chi connectivity index (χ2v) is 7.04. The van der Waals surface area contributed by atoms with Gasteiger partial charge in [0.15, 0.2) is 4.90 Å². The van der Waals surface area contributed by atoms with E-state index >= 15 is 0 Å². The molecule has 0 saturated carbocycles. The molecule has 1 fully saturated rings. The van der Waals surface area contributed by atoms with Crippen LogP contribution in [0.4, 0.5) is 5.69 Å². The molecule has 1 aromatic carbocycles. The monoisotopic (exact) mass is 349 g/mol. The predicted molar refractivity (Wildman–Crippen MR) is 86.0 cm³/mol. The molecule has 0 aromatic heterocycles. The Morgan fingerprint density at radius 3 is 2.55 bits per heavy atom. The lowest BCUT2D eigenvalue weighted by Crippen LogP contribution is -2.37. The molecule has 0 radical (unpaired) electrons. The topological polar surface area (TPSA) is 101 Å². The van der Waals surface area contributed by atoms with Crippen molar-refractivity contribution in [3.8, 4) is 0 Å². The molecule has 2 N–H and O–H groups in total. The average molecular weight is 350 g/mol. The minimum atomic E-state index is -3.89. The van der Waals surface area contributed by atoms with Crippen molar-refractivity contribution in [3.63, 3.8) is 0 Å². The number of benzene rings is 1. The third-order valence-electron chi connectivity index (χ3n) is 3.74. The molecule has 124 valence electrons. The maximum Gasteiger partial charge on any atom is 0.289 e. The van der Waals surface area contributed by atoms with Gasteiger partial charge in [-0.2, -0.15) is 0 Å². The van der Waals surface area contributed by atoms with E-state index in [2.05, 4.69) is 10.0 Å². The maximum atomic E-state index is 12.3. The number of nitrogens with zero attached hydrogens (tertiary/aromatic N) is 1. The van der Waals surface area contributed by atoms with Crippen LogP contribution in [-0.4, -0.2) is 32.5 Å². The Labute approximate surface area is 136 Å². The molecule has 1 heterocycles. The van der Waals surface area contributed by atoms with E-state index in [9.17, 15) is 18.5 Å². The summed E-state index contributed by atoms with van der Waals surface area (Å²) < 4.78 is 27.1. The summed E-state index contributed by atoms with van der Waals surface area (Å²) in [6.07, 6.45) is 1.91. The Balaban J connectivity index is 0.00000242. The van der Waals surface area contributed by atoms with Gasteiger partial charge in [-0.15, -0.1) is 12.4 Å². The Morgan fingerprint density at radius 2 is 2.00 bits per heavy atom. The summed E-state index contributed by atoms with van der Waals surface area (Å²) in [5.74, 6) is 0. The number of hydrogen-bond donors (Lipinski definition) is 2. The van der Waals surface area contributed by atoms with Crippen LogP contribution < -0.4 is 10.0 Å². The molecule has 1 aliphatic rings. The second kappa shape index (κ2) is 7.36. The predicted octanol–water partition coefficient (Wildman–Crippen LogP) is 1.66. The van der Waals surface area contributed by atoms with Gasteiger partial charge in [0.2, 0.25) is 10.0 Å². The van der Waals surface area contributed by atoms with Crippen LogP contribution in [0.15, 0.2) is 17.0 Å². The summed E-state index contributed by atoms with van der Waals surface area (Å²) in [5, 5.41) is 14.3. The molecule has 1 saturated heterocycles. The highest BCUT2D eigenvalue weighted by Gasteiger charge is 2.27. The molecular weight excluding hydrogens is 330 g/mol. The Bertz CT molecular complexity index is 657. The van der Waals surface area contributed by atoms with Gasteiger partial charge in [0, 0.05) is 18.7 Å². The molecule has 22 heavy (non-hydrogen) atoms. The zero-order valence-corrected chi connectivity index (χ0v) is 14.1. The van der Waals surface area contributed by atoms with Crippen molar-refractivity contribution < 1.29 is 13.3 Å². The first-order valence-corrected chi connectivity index (χ1v) is 8.28. The van der Waals surface area contributed by atoms with Gasteiger partial charge in [-0.25, -0.2) is 13.1 Å². The largest absolute Gasteiger partial charge is 0.313 e. The van der Waals surface area contributed by atoms with Crippen molar-refractivity contribution in [1.29, 1.82) is 0 Å². The van der Waals surface area contributed by atoms with Crippen LogP contribution >= 0.6 is 12.4 Å². The fraction of sp³-hybridized carbons (Fsp3) is 0.538. The molecule has 1 aromatic rings. The highest BCUT2D eigenvalue weighted by atomic mass is 35.5. The Hall–Kier alpha value is -1.22. The van der Waals surface area contributed by atoms with Crippen molar-refractivity contribution in [2.75, 3.05) is 13.1 Å². The molecule has 1 atom stereocenters. The lowest BCUT2D eigenvalue weighted by molar-refractivity contribution is -0.387. The van der Waals surface area contributed by atoms with E-state index in [0.717, 1.165) is 19.4 Å². The number of nitrogens with one attached hydrogen (secondary N) is 2. The van der Waals surface area contributed by atoms with Crippen molar-refractivity contribution in [3.05, 3.63) is 33.4 Å². The van der Waals surface area contributed by atoms with E-state index in [1.165, 1.54) is 12.1 Å². The molecule has 7 nitrogen and oxygen atoms in total. The standard InChI is InChI=1S/C13H19N3O4S.ClH/c1-9-6-12(16(17)18)13(7-10(9)2)21(19,20)15-8-11-4-3-5-14-11;/h6-7,11,14-15H,3-5,8H2,1-2H3;1H. The zero-order chi connectivity index (χ0) is 15.6. The average Bonchev–Trinajstić information content (AvgIpc) is 2.92. The van der Waals surface area contributed by atoms with Gasteiger partial charge < -0.3 is 5.32 Å². The number of nitro groups is 1. The molecule has 1 unspecified atom stereocenters. The van der Waals surface area contributed by atoms with Crippen LogP contribution in [0.2, 0.25) is 0 Å². The van der Waals surface area contributed by atoms with Crippen molar-refractivity contribution in [1.82, 2.24) is 10.0 Å². The van der Waals surface area contributed by atoms with Gasteiger partial charge in [0.1, 0.15) is 0 Å². The molecule has 0 aliphatic carbocycles. The SMILES string of the molecule is Cc1cc([N+](=O)[O-])c(S(=O)(=O)NCC2CCCN2)cc1C.Cl. The molecule has 0 amide bonds. The first-order chi connectivity index (χ1) is 9.81. The number of sulfonamides is 1. The second-order valence-electron chi connectivity index (χ2n) is 5.31. The van der Waals surface area contributed by atoms with Gasteiger partial charge in [-0.1, -0.05) is 0 Å². The summed E-state index contributed by atoms with van der Waals surface area (Å²) in [5.41, 5.74) is 1.02. The number of halogens is 1. The van der Waals surface area contributed by atoms with Crippen LogP contribution in [0, 0.1) is 24.0 Å². The van der Waals surface area contributed by atoms with Crippen LogP contribution in [0.3, 0.4) is 0 Å². The highest BCUT2D eigenvalue weighted by molar-refractivity contribution is 7.89. The maximum absolute atomic E-state index is 12.3. The summed E-state index contributed by atoms with van der Waals surface area (Å²) in [7, 11) is -3.89. The molecule has 0 bridgehead atoms. The van der Waals surface area contributed by atoms with Gasteiger partial charge in [-0.3, -0.25) is 10.1 Å². The van der Waals surface area contributed by atoms with Gasteiger partial charge in [-0.05, 0) is 50.4 Å². The highest BCUT2D eigenvalue weighted by Crippen LogP contribution is 2.27. The van der Waals surface area contributed by atoms with Gasteiger partial charge in [0.05, 0.1) is 4.92 Å². The minimum absolute atomic E-state index is 0. The molecule has 9 heteroatoms. The van der Waals surface area contributed by atoms with E-state index in [4.69, 9.17) is 0 Å². The minimum Gasteiger partial charge on any atom is -0.313 e. The van der Waals surface area contributed by atoms with Gasteiger partial charge in [0.25, 0.3) is 5.69 Å². The summed E-state index contributed by atoms with van der Waals surface area (Å²) in [6, 6.07) is 2.75. The fourth-order valence-electron chi connectivity index (χ4n) is 2.35. The molecule has 0 spiro atoms. The third kappa shape index (κ3) is 4.16.